The number of hydrogen-bond donors (Lipinski definition) is 0. The Morgan fingerprint density at radius 2 is 1.81 bits per heavy atom. The monoisotopic (exact) mass is 239 g/mol. The molecule has 0 aromatic heterocycles. The summed E-state index contributed by atoms with van der Waals surface area (Å²) in [5.41, 5.74) is 1.43. The first-order chi connectivity index (χ1) is 7.74. The van der Waals surface area contributed by atoms with E-state index >= 15 is 0 Å². The molecule has 2 heteroatoms. The van der Waals surface area contributed by atoms with Crippen LogP contribution in [0.3, 0.4) is 0 Å². The fourth-order valence-electron chi connectivity index (χ4n) is 1.87. The summed E-state index contributed by atoms with van der Waals surface area (Å²) in [5.74, 6) is 0.726. The minimum atomic E-state index is 0.592. The Morgan fingerprint density at radius 3 is 2.38 bits per heavy atom. The molecule has 1 rings (SSSR count). The smallest absolute Gasteiger partial charge is 0.0351 e. The topological polar surface area (TPSA) is 3.24 Å². The molecule has 1 aromatic rings. The van der Waals surface area contributed by atoms with Crippen LogP contribution in [0.15, 0.2) is 30.3 Å². The fraction of sp³-hybridized carbons (Fsp3) is 0.571. The highest BCUT2D eigenvalue weighted by Gasteiger charge is 2.07. The van der Waals surface area contributed by atoms with Gasteiger partial charge in [0.25, 0.3) is 0 Å². The molecule has 1 nitrogen and oxygen atoms in total. The van der Waals surface area contributed by atoms with Crippen LogP contribution in [0.4, 0.5) is 0 Å². The van der Waals surface area contributed by atoms with Gasteiger partial charge in [0.15, 0.2) is 0 Å². The van der Waals surface area contributed by atoms with E-state index in [4.69, 9.17) is 11.6 Å². The van der Waals surface area contributed by atoms with Gasteiger partial charge in [-0.1, -0.05) is 30.3 Å². The summed E-state index contributed by atoms with van der Waals surface area (Å²) in [5, 5.41) is 0. The predicted octanol–water partition coefficient (Wildman–Crippen LogP) is 3.57. The Balaban J connectivity index is 2.28. The van der Waals surface area contributed by atoms with Gasteiger partial charge in [-0.25, -0.2) is 0 Å². The molecule has 1 aromatic carbocycles. The Morgan fingerprint density at radius 1 is 1.12 bits per heavy atom. The summed E-state index contributed by atoms with van der Waals surface area (Å²) in [6.07, 6.45) is 2.37. The summed E-state index contributed by atoms with van der Waals surface area (Å²) >= 11 is 5.79. The molecule has 0 radical (unpaired) electrons. The van der Waals surface area contributed by atoms with Crippen LogP contribution in [0.2, 0.25) is 0 Å². The standard InChI is InChI=1S/C14H22ClN/c1-13(2)16(12-10-15)11-6-9-14-7-4-3-5-8-14/h3-5,7-8,13H,6,9-12H2,1-2H3. The normalized spacial score (nSPS) is 11.3. The van der Waals surface area contributed by atoms with E-state index in [1.165, 1.54) is 12.0 Å². The SMILES string of the molecule is CC(C)N(CCCl)CCCc1ccccc1. The minimum absolute atomic E-state index is 0.592. The fourth-order valence-corrected chi connectivity index (χ4v) is 2.08. The third-order valence-electron chi connectivity index (χ3n) is 2.86. The number of aryl methyl sites for hydroxylation is 1. The van der Waals surface area contributed by atoms with Crippen molar-refractivity contribution in [2.45, 2.75) is 32.7 Å². The van der Waals surface area contributed by atoms with Crippen molar-refractivity contribution < 1.29 is 0 Å². The number of halogens is 1. The van der Waals surface area contributed by atoms with Crippen molar-refractivity contribution in [1.29, 1.82) is 0 Å². The van der Waals surface area contributed by atoms with Gasteiger partial charge in [-0.2, -0.15) is 0 Å². The zero-order valence-corrected chi connectivity index (χ0v) is 11.1. The van der Waals surface area contributed by atoms with Crippen molar-refractivity contribution >= 4 is 11.6 Å². The second kappa shape index (κ2) is 7.70. The molecule has 0 saturated heterocycles. The Bertz CT molecular complexity index is 271. The van der Waals surface area contributed by atoms with Crippen LogP contribution < -0.4 is 0 Å². The van der Waals surface area contributed by atoms with E-state index in [2.05, 4.69) is 49.1 Å². The van der Waals surface area contributed by atoms with Crippen molar-refractivity contribution in [1.82, 2.24) is 4.90 Å². The molecule has 0 unspecified atom stereocenters. The highest BCUT2D eigenvalue weighted by Crippen LogP contribution is 2.06. The van der Waals surface area contributed by atoms with E-state index in [1.807, 2.05) is 0 Å². The largest absolute Gasteiger partial charge is 0.300 e. The third kappa shape index (κ3) is 5.00. The quantitative estimate of drug-likeness (QED) is 0.658. The second-order valence-corrected chi connectivity index (χ2v) is 4.79. The first-order valence-corrected chi connectivity index (χ1v) is 6.61. The van der Waals surface area contributed by atoms with Gasteiger partial charge in [0.1, 0.15) is 0 Å². The number of alkyl halides is 1. The minimum Gasteiger partial charge on any atom is -0.300 e. The molecule has 0 bridgehead atoms. The first-order valence-electron chi connectivity index (χ1n) is 6.08. The van der Waals surface area contributed by atoms with Crippen LogP contribution in [0.5, 0.6) is 0 Å². The van der Waals surface area contributed by atoms with Crippen LogP contribution in [0.1, 0.15) is 25.8 Å². The molecule has 0 spiro atoms. The Hall–Kier alpha value is -0.530. The molecule has 0 aliphatic heterocycles. The molecular weight excluding hydrogens is 218 g/mol. The number of nitrogens with zero attached hydrogens (tertiary/aromatic N) is 1. The third-order valence-corrected chi connectivity index (χ3v) is 3.02. The Kier molecular flexibility index (Phi) is 6.51. The van der Waals surface area contributed by atoms with Crippen molar-refractivity contribution in [3.05, 3.63) is 35.9 Å². The van der Waals surface area contributed by atoms with Crippen molar-refractivity contribution in [2.24, 2.45) is 0 Å². The molecular formula is C14H22ClN. The van der Waals surface area contributed by atoms with E-state index in [-0.39, 0.29) is 0 Å². The molecule has 0 aliphatic rings. The zero-order valence-electron chi connectivity index (χ0n) is 10.3. The van der Waals surface area contributed by atoms with Crippen LogP contribution in [0, 0.1) is 0 Å². The first kappa shape index (κ1) is 13.5. The molecule has 0 N–H and O–H groups in total. The maximum absolute atomic E-state index is 5.79. The number of hydrogen-bond acceptors (Lipinski definition) is 1. The van der Waals surface area contributed by atoms with Gasteiger partial charge in [0, 0.05) is 18.5 Å². The van der Waals surface area contributed by atoms with Crippen LogP contribution in [0.25, 0.3) is 0 Å². The van der Waals surface area contributed by atoms with Gasteiger partial charge >= 0.3 is 0 Å². The number of benzene rings is 1. The molecule has 90 valence electrons. The molecule has 0 amide bonds. The lowest BCUT2D eigenvalue weighted by Crippen LogP contribution is -2.33. The van der Waals surface area contributed by atoms with E-state index < -0.39 is 0 Å². The zero-order chi connectivity index (χ0) is 11.8. The van der Waals surface area contributed by atoms with Crippen molar-refractivity contribution in [3.63, 3.8) is 0 Å². The molecule has 0 heterocycles. The summed E-state index contributed by atoms with van der Waals surface area (Å²) in [6, 6.07) is 11.3. The second-order valence-electron chi connectivity index (χ2n) is 4.41. The molecule has 0 aliphatic carbocycles. The van der Waals surface area contributed by atoms with Crippen molar-refractivity contribution in [2.75, 3.05) is 19.0 Å². The molecule has 0 fully saturated rings. The lowest BCUT2D eigenvalue weighted by Gasteiger charge is -2.25. The lowest BCUT2D eigenvalue weighted by molar-refractivity contribution is 0.232. The predicted molar refractivity (Wildman–Crippen MR) is 72.2 cm³/mol. The maximum atomic E-state index is 5.79. The van der Waals surface area contributed by atoms with E-state index in [1.54, 1.807) is 0 Å². The number of rotatable bonds is 7. The maximum Gasteiger partial charge on any atom is 0.0351 e. The lowest BCUT2D eigenvalue weighted by atomic mass is 10.1. The molecule has 0 atom stereocenters. The van der Waals surface area contributed by atoms with Gasteiger partial charge in [-0.15, -0.1) is 11.6 Å². The molecule has 0 saturated carbocycles. The highest BCUT2D eigenvalue weighted by atomic mass is 35.5. The van der Waals surface area contributed by atoms with E-state index in [0.717, 1.165) is 25.4 Å². The van der Waals surface area contributed by atoms with Crippen molar-refractivity contribution in [3.8, 4) is 0 Å². The van der Waals surface area contributed by atoms with Gasteiger partial charge in [-0.05, 0) is 38.8 Å². The summed E-state index contributed by atoms with van der Waals surface area (Å²) in [6.45, 7) is 6.59. The van der Waals surface area contributed by atoms with Gasteiger partial charge in [0.05, 0.1) is 0 Å². The van der Waals surface area contributed by atoms with Crippen LogP contribution >= 0.6 is 11.6 Å². The van der Waals surface area contributed by atoms with Crippen LogP contribution in [-0.2, 0) is 6.42 Å². The van der Waals surface area contributed by atoms with E-state index in [0.29, 0.717) is 6.04 Å². The van der Waals surface area contributed by atoms with Gasteiger partial charge < -0.3 is 0 Å². The van der Waals surface area contributed by atoms with Gasteiger partial charge in [0.2, 0.25) is 0 Å². The Labute approximate surface area is 104 Å². The van der Waals surface area contributed by atoms with Gasteiger partial charge in [-0.3, -0.25) is 4.90 Å². The summed E-state index contributed by atoms with van der Waals surface area (Å²) in [7, 11) is 0. The van der Waals surface area contributed by atoms with E-state index in [9.17, 15) is 0 Å². The summed E-state index contributed by atoms with van der Waals surface area (Å²) in [4.78, 5) is 2.44. The average Bonchev–Trinajstić information content (AvgIpc) is 2.29. The van der Waals surface area contributed by atoms with Crippen LogP contribution in [-0.4, -0.2) is 29.9 Å². The highest BCUT2D eigenvalue weighted by molar-refractivity contribution is 6.18. The average molecular weight is 240 g/mol. The summed E-state index contributed by atoms with van der Waals surface area (Å²) < 4.78 is 0. The molecule has 16 heavy (non-hydrogen) atoms.